The van der Waals surface area contributed by atoms with Gasteiger partial charge < -0.3 is 10.8 Å². The summed E-state index contributed by atoms with van der Waals surface area (Å²) in [6, 6.07) is 5.72. The van der Waals surface area contributed by atoms with Crippen LogP contribution in [0.1, 0.15) is 29.7 Å². The minimum absolute atomic E-state index is 0.278. The van der Waals surface area contributed by atoms with Crippen LogP contribution in [-0.4, -0.2) is 11.2 Å². The van der Waals surface area contributed by atoms with Crippen LogP contribution in [0.2, 0.25) is 0 Å². The lowest BCUT2D eigenvalue weighted by Gasteiger charge is -2.18. The first-order valence-corrected chi connectivity index (χ1v) is 4.53. The molecule has 0 aliphatic heterocycles. The molecule has 0 bridgehead atoms. The highest BCUT2D eigenvalue weighted by atomic mass is 16.3. The van der Waals surface area contributed by atoms with Crippen molar-refractivity contribution >= 4 is 0 Å². The molecule has 2 nitrogen and oxygen atoms in total. The molecule has 2 heteroatoms. The standard InChI is InChI=1S/C11H17NO/c1-7-5-4-6-10(8(7)2)11(12)9(3)13/h4-6,9,11,13H,12H2,1-3H3/t9-,11-/m1/s1. The molecule has 0 fully saturated rings. The average molecular weight is 179 g/mol. The topological polar surface area (TPSA) is 46.2 Å². The van der Waals surface area contributed by atoms with Gasteiger partial charge in [0.1, 0.15) is 0 Å². The molecule has 0 unspecified atom stereocenters. The van der Waals surface area contributed by atoms with Crippen LogP contribution in [0.15, 0.2) is 18.2 Å². The van der Waals surface area contributed by atoms with Crippen molar-refractivity contribution in [2.75, 3.05) is 0 Å². The maximum Gasteiger partial charge on any atom is 0.0704 e. The van der Waals surface area contributed by atoms with E-state index in [0.29, 0.717) is 0 Å². The molecule has 0 amide bonds. The Morgan fingerprint density at radius 2 is 1.92 bits per heavy atom. The Kier molecular flexibility index (Phi) is 3.07. The smallest absolute Gasteiger partial charge is 0.0704 e. The summed E-state index contributed by atoms with van der Waals surface area (Å²) in [6.07, 6.45) is -0.500. The first-order chi connectivity index (χ1) is 6.04. The van der Waals surface area contributed by atoms with E-state index in [0.717, 1.165) is 5.56 Å². The predicted octanol–water partition coefficient (Wildman–Crippen LogP) is 1.68. The normalized spacial score (nSPS) is 15.5. The molecular formula is C11H17NO. The molecule has 13 heavy (non-hydrogen) atoms. The molecule has 0 radical (unpaired) electrons. The van der Waals surface area contributed by atoms with Crippen molar-refractivity contribution in [1.82, 2.24) is 0 Å². The van der Waals surface area contributed by atoms with Crippen molar-refractivity contribution in [3.8, 4) is 0 Å². The summed E-state index contributed by atoms with van der Waals surface area (Å²) in [5.74, 6) is 0. The fourth-order valence-corrected chi connectivity index (χ4v) is 1.39. The summed E-state index contributed by atoms with van der Waals surface area (Å²) in [7, 11) is 0. The molecule has 0 aliphatic carbocycles. The van der Waals surface area contributed by atoms with Gasteiger partial charge in [-0.2, -0.15) is 0 Å². The average Bonchev–Trinajstić information content (AvgIpc) is 2.08. The molecular weight excluding hydrogens is 162 g/mol. The Bertz CT molecular complexity index is 294. The van der Waals surface area contributed by atoms with Gasteiger partial charge in [-0.15, -0.1) is 0 Å². The maximum absolute atomic E-state index is 9.36. The predicted molar refractivity (Wildman–Crippen MR) is 54.5 cm³/mol. The van der Waals surface area contributed by atoms with E-state index in [2.05, 4.69) is 0 Å². The molecule has 1 aromatic carbocycles. The molecule has 0 saturated carbocycles. The van der Waals surface area contributed by atoms with Crippen LogP contribution >= 0.6 is 0 Å². The first-order valence-electron chi connectivity index (χ1n) is 4.53. The van der Waals surface area contributed by atoms with E-state index in [4.69, 9.17) is 5.73 Å². The molecule has 0 spiro atoms. The number of hydrogen-bond donors (Lipinski definition) is 2. The summed E-state index contributed by atoms with van der Waals surface area (Å²) in [5, 5.41) is 9.36. The number of aliphatic hydroxyl groups excluding tert-OH is 1. The molecule has 2 atom stereocenters. The lowest BCUT2D eigenvalue weighted by atomic mass is 9.95. The lowest BCUT2D eigenvalue weighted by molar-refractivity contribution is 0.164. The van der Waals surface area contributed by atoms with E-state index in [1.807, 2.05) is 32.0 Å². The van der Waals surface area contributed by atoms with Crippen LogP contribution in [0.25, 0.3) is 0 Å². The van der Waals surface area contributed by atoms with Gasteiger partial charge in [-0.3, -0.25) is 0 Å². The first kappa shape index (κ1) is 10.2. The number of nitrogens with two attached hydrogens (primary N) is 1. The van der Waals surface area contributed by atoms with Crippen LogP contribution in [0.5, 0.6) is 0 Å². The van der Waals surface area contributed by atoms with E-state index < -0.39 is 6.10 Å². The molecule has 0 aromatic heterocycles. The van der Waals surface area contributed by atoms with Crippen molar-refractivity contribution in [3.63, 3.8) is 0 Å². The van der Waals surface area contributed by atoms with Gasteiger partial charge in [0.2, 0.25) is 0 Å². The van der Waals surface area contributed by atoms with Gasteiger partial charge in [0.05, 0.1) is 12.1 Å². The quantitative estimate of drug-likeness (QED) is 0.725. The van der Waals surface area contributed by atoms with Gasteiger partial charge in [0.15, 0.2) is 0 Å². The van der Waals surface area contributed by atoms with Crippen LogP contribution in [0, 0.1) is 13.8 Å². The summed E-state index contributed by atoms with van der Waals surface area (Å²) in [6.45, 7) is 5.80. The third-order valence-corrected chi connectivity index (χ3v) is 2.53. The van der Waals surface area contributed by atoms with Gasteiger partial charge >= 0.3 is 0 Å². The Morgan fingerprint density at radius 1 is 1.31 bits per heavy atom. The summed E-state index contributed by atoms with van der Waals surface area (Å²) in [4.78, 5) is 0. The Balaban J connectivity index is 3.07. The van der Waals surface area contributed by atoms with Crippen LogP contribution in [0.3, 0.4) is 0 Å². The minimum atomic E-state index is -0.500. The second kappa shape index (κ2) is 3.90. The molecule has 0 saturated heterocycles. The molecule has 1 aromatic rings. The van der Waals surface area contributed by atoms with E-state index in [1.165, 1.54) is 11.1 Å². The number of benzene rings is 1. The maximum atomic E-state index is 9.36. The third-order valence-electron chi connectivity index (χ3n) is 2.53. The number of rotatable bonds is 2. The molecule has 72 valence electrons. The Morgan fingerprint density at radius 3 is 2.46 bits per heavy atom. The monoisotopic (exact) mass is 179 g/mol. The lowest BCUT2D eigenvalue weighted by Crippen LogP contribution is -2.24. The minimum Gasteiger partial charge on any atom is -0.391 e. The third kappa shape index (κ3) is 2.08. The summed E-state index contributed by atoms with van der Waals surface area (Å²) < 4.78 is 0. The van der Waals surface area contributed by atoms with Crippen molar-refractivity contribution < 1.29 is 5.11 Å². The van der Waals surface area contributed by atoms with Gasteiger partial charge in [-0.25, -0.2) is 0 Å². The molecule has 0 aliphatic rings. The van der Waals surface area contributed by atoms with E-state index >= 15 is 0 Å². The van der Waals surface area contributed by atoms with Crippen LogP contribution < -0.4 is 5.73 Å². The van der Waals surface area contributed by atoms with Gasteiger partial charge in [0, 0.05) is 0 Å². The van der Waals surface area contributed by atoms with Crippen molar-refractivity contribution in [2.45, 2.75) is 32.9 Å². The fraction of sp³-hybridized carbons (Fsp3) is 0.455. The Labute approximate surface area is 79.4 Å². The van der Waals surface area contributed by atoms with E-state index in [9.17, 15) is 5.11 Å². The highest BCUT2D eigenvalue weighted by molar-refractivity contribution is 5.35. The fourth-order valence-electron chi connectivity index (χ4n) is 1.39. The number of aliphatic hydroxyl groups is 1. The highest BCUT2D eigenvalue weighted by Gasteiger charge is 2.14. The highest BCUT2D eigenvalue weighted by Crippen LogP contribution is 2.20. The largest absolute Gasteiger partial charge is 0.391 e. The zero-order valence-corrected chi connectivity index (χ0v) is 8.41. The van der Waals surface area contributed by atoms with Gasteiger partial charge in [0.25, 0.3) is 0 Å². The summed E-state index contributed by atoms with van der Waals surface area (Å²) >= 11 is 0. The SMILES string of the molecule is Cc1cccc([C@H](N)[C@@H](C)O)c1C. The number of aryl methyl sites for hydroxylation is 1. The second-order valence-corrected chi connectivity index (χ2v) is 3.56. The van der Waals surface area contributed by atoms with E-state index in [1.54, 1.807) is 6.92 Å². The molecule has 1 rings (SSSR count). The zero-order valence-electron chi connectivity index (χ0n) is 8.41. The summed E-state index contributed by atoms with van der Waals surface area (Å²) in [5.41, 5.74) is 9.29. The Hall–Kier alpha value is -0.860. The molecule has 3 N–H and O–H groups in total. The molecule has 0 heterocycles. The van der Waals surface area contributed by atoms with Crippen LogP contribution in [-0.2, 0) is 0 Å². The van der Waals surface area contributed by atoms with Gasteiger partial charge in [-0.05, 0) is 37.5 Å². The van der Waals surface area contributed by atoms with E-state index in [-0.39, 0.29) is 6.04 Å². The van der Waals surface area contributed by atoms with Gasteiger partial charge in [-0.1, -0.05) is 18.2 Å². The van der Waals surface area contributed by atoms with Crippen molar-refractivity contribution in [1.29, 1.82) is 0 Å². The van der Waals surface area contributed by atoms with Crippen LogP contribution in [0.4, 0.5) is 0 Å². The zero-order chi connectivity index (χ0) is 10.0. The second-order valence-electron chi connectivity index (χ2n) is 3.56. The van der Waals surface area contributed by atoms with Crippen molar-refractivity contribution in [2.24, 2.45) is 5.73 Å². The van der Waals surface area contributed by atoms with Crippen molar-refractivity contribution in [3.05, 3.63) is 34.9 Å². The number of hydrogen-bond acceptors (Lipinski definition) is 2.